The molecule has 152 valence electrons. The second-order valence-corrected chi connectivity index (χ2v) is 7.04. The van der Waals surface area contributed by atoms with E-state index >= 15 is 0 Å². The molecule has 6 nitrogen and oxygen atoms in total. The zero-order valence-electron chi connectivity index (χ0n) is 17.0. The Morgan fingerprint density at radius 3 is 2.55 bits per heavy atom. The van der Waals surface area contributed by atoms with Crippen LogP contribution in [0.2, 0.25) is 0 Å². The molecular formula is C23H28N4O2. The monoisotopic (exact) mass is 392 g/mol. The van der Waals surface area contributed by atoms with Gasteiger partial charge in [-0.3, -0.25) is 15.0 Å². The summed E-state index contributed by atoms with van der Waals surface area (Å²) in [5.41, 5.74) is 7.23. The molecule has 0 unspecified atom stereocenters. The fraction of sp³-hybridized carbons (Fsp3) is 0.304. The fourth-order valence-corrected chi connectivity index (χ4v) is 3.23. The number of aryl methyl sites for hydroxylation is 1. The number of carbonyl (C=O) groups excluding carboxylic acids is 2. The van der Waals surface area contributed by atoms with Gasteiger partial charge in [0, 0.05) is 31.7 Å². The number of likely N-dealkylation sites (N-methyl/N-ethyl adjacent to an activating group) is 1. The van der Waals surface area contributed by atoms with Crippen molar-refractivity contribution in [2.75, 3.05) is 31.1 Å². The predicted octanol–water partition coefficient (Wildman–Crippen LogP) is 2.72. The SMILES string of the molecule is CCN(CCNC(=O)CN1NC(c2ccc(C)cc2)=CCC1=O)c1ccccc1. The van der Waals surface area contributed by atoms with Crippen molar-refractivity contribution in [1.82, 2.24) is 15.8 Å². The van der Waals surface area contributed by atoms with Crippen LogP contribution in [0.4, 0.5) is 5.69 Å². The molecule has 29 heavy (non-hydrogen) atoms. The van der Waals surface area contributed by atoms with Crippen molar-refractivity contribution < 1.29 is 9.59 Å². The first-order chi connectivity index (χ1) is 14.1. The molecule has 0 bridgehead atoms. The maximum atomic E-state index is 12.4. The maximum Gasteiger partial charge on any atom is 0.245 e. The second kappa shape index (κ2) is 9.78. The molecule has 0 aliphatic carbocycles. The van der Waals surface area contributed by atoms with Gasteiger partial charge in [0.1, 0.15) is 6.54 Å². The van der Waals surface area contributed by atoms with Crippen LogP contribution in [0, 0.1) is 6.92 Å². The lowest BCUT2D eigenvalue weighted by Gasteiger charge is -2.29. The Morgan fingerprint density at radius 1 is 1.14 bits per heavy atom. The number of hydrazine groups is 1. The summed E-state index contributed by atoms with van der Waals surface area (Å²) in [6.07, 6.45) is 2.14. The highest BCUT2D eigenvalue weighted by atomic mass is 16.2. The molecule has 0 aromatic heterocycles. The zero-order valence-corrected chi connectivity index (χ0v) is 17.0. The molecule has 0 saturated carbocycles. The van der Waals surface area contributed by atoms with Crippen molar-refractivity contribution in [2.24, 2.45) is 0 Å². The van der Waals surface area contributed by atoms with Crippen LogP contribution in [-0.2, 0) is 9.59 Å². The zero-order chi connectivity index (χ0) is 20.6. The summed E-state index contributed by atoms with van der Waals surface area (Å²) in [4.78, 5) is 26.8. The summed E-state index contributed by atoms with van der Waals surface area (Å²) in [5, 5.41) is 4.30. The van der Waals surface area contributed by atoms with Gasteiger partial charge in [-0.25, -0.2) is 5.01 Å². The summed E-state index contributed by atoms with van der Waals surface area (Å²) < 4.78 is 0. The van der Waals surface area contributed by atoms with E-state index in [2.05, 4.69) is 34.7 Å². The molecule has 2 aromatic rings. The fourth-order valence-electron chi connectivity index (χ4n) is 3.23. The molecule has 1 aliphatic rings. The van der Waals surface area contributed by atoms with Crippen LogP contribution in [0.1, 0.15) is 24.5 Å². The lowest BCUT2D eigenvalue weighted by Crippen LogP contribution is -2.50. The van der Waals surface area contributed by atoms with E-state index in [1.54, 1.807) is 0 Å². The molecule has 0 spiro atoms. The maximum absolute atomic E-state index is 12.4. The first-order valence-electron chi connectivity index (χ1n) is 9.97. The molecule has 0 atom stereocenters. The standard InChI is InChI=1S/C23H28N4O2/c1-3-26(20-7-5-4-6-8-20)16-15-24-22(28)17-27-23(29)14-13-21(25-27)19-11-9-18(2)10-12-19/h4-13,25H,3,14-17H2,1-2H3,(H,24,28). The van der Waals surface area contributed by atoms with E-state index in [1.165, 1.54) is 10.6 Å². The second-order valence-electron chi connectivity index (χ2n) is 7.04. The van der Waals surface area contributed by atoms with Crippen molar-refractivity contribution in [3.8, 4) is 0 Å². The highest BCUT2D eigenvalue weighted by molar-refractivity contribution is 5.88. The Balaban J connectivity index is 1.50. The number of rotatable bonds is 8. The number of amides is 2. The molecule has 0 fully saturated rings. The molecule has 0 saturated heterocycles. The molecule has 2 N–H and O–H groups in total. The number of hydrogen-bond donors (Lipinski definition) is 2. The highest BCUT2D eigenvalue weighted by Gasteiger charge is 2.22. The van der Waals surface area contributed by atoms with Gasteiger partial charge >= 0.3 is 0 Å². The Kier molecular flexibility index (Phi) is 6.89. The van der Waals surface area contributed by atoms with Crippen molar-refractivity contribution in [1.29, 1.82) is 0 Å². The third-order valence-electron chi connectivity index (χ3n) is 4.91. The Hall–Kier alpha value is -3.28. The van der Waals surface area contributed by atoms with E-state index in [4.69, 9.17) is 0 Å². The van der Waals surface area contributed by atoms with E-state index in [-0.39, 0.29) is 24.8 Å². The Bertz CT molecular complexity index is 862. The highest BCUT2D eigenvalue weighted by Crippen LogP contribution is 2.17. The van der Waals surface area contributed by atoms with Gasteiger partial charge < -0.3 is 10.2 Å². The van der Waals surface area contributed by atoms with E-state index in [9.17, 15) is 9.59 Å². The largest absolute Gasteiger partial charge is 0.370 e. The Morgan fingerprint density at radius 2 is 1.86 bits per heavy atom. The molecule has 0 radical (unpaired) electrons. The quantitative estimate of drug-likeness (QED) is 0.725. The molecular weight excluding hydrogens is 364 g/mol. The number of anilines is 1. The van der Waals surface area contributed by atoms with Crippen molar-refractivity contribution >= 4 is 23.2 Å². The van der Waals surface area contributed by atoms with E-state index < -0.39 is 0 Å². The average Bonchev–Trinajstić information content (AvgIpc) is 2.74. The van der Waals surface area contributed by atoms with E-state index in [0.29, 0.717) is 13.1 Å². The lowest BCUT2D eigenvalue weighted by atomic mass is 10.1. The summed E-state index contributed by atoms with van der Waals surface area (Å²) in [5.74, 6) is -0.296. The molecule has 3 rings (SSSR count). The molecule has 1 heterocycles. The van der Waals surface area contributed by atoms with Crippen LogP contribution in [0.3, 0.4) is 0 Å². The summed E-state index contributed by atoms with van der Waals surface area (Å²) in [7, 11) is 0. The minimum atomic E-state index is -0.180. The Labute approximate surface area is 172 Å². The van der Waals surface area contributed by atoms with Gasteiger partial charge in [-0.2, -0.15) is 0 Å². The third-order valence-corrected chi connectivity index (χ3v) is 4.91. The smallest absolute Gasteiger partial charge is 0.245 e. The lowest BCUT2D eigenvalue weighted by molar-refractivity contribution is -0.137. The number of hydrogen-bond acceptors (Lipinski definition) is 4. The van der Waals surface area contributed by atoms with Gasteiger partial charge in [-0.15, -0.1) is 0 Å². The first kappa shape index (κ1) is 20.5. The number of nitrogens with one attached hydrogen (secondary N) is 2. The van der Waals surface area contributed by atoms with Gasteiger partial charge in [0.25, 0.3) is 0 Å². The number of benzene rings is 2. The van der Waals surface area contributed by atoms with Crippen LogP contribution in [0.5, 0.6) is 0 Å². The van der Waals surface area contributed by atoms with Crippen LogP contribution < -0.4 is 15.6 Å². The van der Waals surface area contributed by atoms with Gasteiger partial charge in [0.15, 0.2) is 0 Å². The van der Waals surface area contributed by atoms with Crippen molar-refractivity contribution in [2.45, 2.75) is 20.3 Å². The van der Waals surface area contributed by atoms with Gasteiger partial charge in [0.05, 0.1) is 5.70 Å². The van der Waals surface area contributed by atoms with Gasteiger partial charge in [0.2, 0.25) is 11.8 Å². The van der Waals surface area contributed by atoms with Crippen molar-refractivity contribution in [3.05, 3.63) is 71.8 Å². The third kappa shape index (κ3) is 5.60. The molecule has 6 heteroatoms. The minimum absolute atomic E-state index is 0.0144. The van der Waals surface area contributed by atoms with E-state index in [0.717, 1.165) is 23.5 Å². The summed E-state index contributed by atoms with van der Waals surface area (Å²) >= 11 is 0. The van der Waals surface area contributed by atoms with Crippen molar-refractivity contribution in [3.63, 3.8) is 0 Å². The number of para-hydroxylation sites is 1. The van der Waals surface area contributed by atoms with Crippen LogP contribution >= 0.6 is 0 Å². The number of nitrogens with zero attached hydrogens (tertiary/aromatic N) is 2. The molecule has 1 aliphatic heterocycles. The van der Waals surface area contributed by atoms with Crippen LogP contribution in [0.15, 0.2) is 60.7 Å². The molecule has 2 amide bonds. The summed E-state index contributed by atoms with van der Waals surface area (Å²) in [6.45, 7) is 6.19. The topological polar surface area (TPSA) is 64.7 Å². The van der Waals surface area contributed by atoms with Crippen LogP contribution in [0.25, 0.3) is 5.70 Å². The van der Waals surface area contributed by atoms with Crippen LogP contribution in [-0.4, -0.2) is 43.0 Å². The summed E-state index contributed by atoms with van der Waals surface area (Å²) in [6, 6.07) is 18.2. The van der Waals surface area contributed by atoms with E-state index in [1.807, 2.05) is 55.5 Å². The molecule has 2 aromatic carbocycles. The average molecular weight is 393 g/mol. The minimum Gasteiger partial charge on any atom is -0.370 e. The normalized spacial score (nSPS) is 13.5. The van der Waals surface area contributed by atoms with Gasteiger partial charge in [-0.05, 0) is 37.6 Å². The first-order valence-corrected chi connectivity index (χ1v) is 9.97. The number of carbonyl (C=O) groups is 2. The van der Waals surface area contributed by atoms with Gasteiger partial charge in [-0.1, -0.05) is 48.0 Å². The predicted molar refractivity (Wildman–Crippen MR) is 116 cm³/mol.